The van der Waals surface area contributed by atoms with Gasteiger partial charge in [-0.3, -0.25) is 9.78 Å². The fourth-order valence-corrected chi connectivity index (χ4v) is 3.22. The molecule has 0 bridgehead atoms. The summed E-state index contributed by atoms with van der Waals surface area (Å²) in [5.41, 5.74) is 1.36. The monoisotopic (exact) mass is 404 g/mol. The van der Waals surface area contributed by atoms with Crippen molar-refractivity contribution >= 4 is 10.9 Å². The second kappa shape index (κ2) is 9.00. The number of methoxy groups -OCH3 is 2. The van der Waals surface area contributed by atoms with Gasteiger partial charge in [0.15, 0.2) is 17.3 Å². The van der Waals surface area contributed by atoms with E-state index in [0.29, 0.717) is 11.1 Å². The maximum Gasteiger partial charge on any atom is 0.233 e. The molecule has 0 spiro atoms. The molecule has 0 radical (unpaired) electrons. The molecule has 1 aromatic carbocycles. The first-order chi connectivity index (χ1) is 14.0. The summed E-state index contributed by atoms with van der Waals surface area (Å²) in [5.74, 6) is -1.57. The number of H-pyrrole nitrogens is 1. The lowest BCUT2D eigenvalue weighted by molar-refractivity contribution is 0.0516. The lowest BCUT2D eigenvalue weighted by atomic mass is 10.1. The standard InChI is InChI=1S/C14H16N2O3.C7H6F2O/c1-8-3-4-11(19-8)12-14(18-2)13(17)9-7-15-6-5-10(9)16-12;1-10-6-4-2-3-5(8)7(6)9/h5-8,11H,3-4H2,1-2H3,(H,16,17);2-4H,1H3. The minimum absolute atomic E-state index is 0.0694. The molecule has 1 saturated heterocycles. The maximum absolute atomic E-state index is 12.5. The number of halogens is 2. The highest BCUT2D eigenvalue weighted by molar-refractivity contribution is 5.79. The van der Waals surface area contributed by atoms with E-state index in [2.05, 4.69) is 14.7 Å². The third-order valence-electron chi connectivity index (χ3n) is 4.68. The van der Waals surface area contributed by atoms with Gasteiger partial charge in [-0.1, -0.05) is 6.07 Å². The molecule has 1 N–H and O–H groups in total. The summed E-state index contributed by atoms with van der Waals surface area (Å²) in [6.07, 6.45) is 5.21. The van der Waals surface area contributed by atoms with E-state index in [1.807, 2.05) is 6.92 Å². The average molecular weight is 404 g/mol. The molecule has 1 aliphatic rings. The van der Waals surface area contributed by atoms with E-state index >= 15 is 0 Å². The van der Waals surface area contributed by atoms with Crippen molar-refractivity contribution in [1.29, 1.82) is 0 Å². The van der Waals surface area contributed by atoms with Gasteiger partial charge in [-0.15, -0.1) is 0 Å². The van der Waals surface area contributed by atoms with Gasteiger partial charge in [0.25, 0.3) is 0 Å². The number of pyridine rings is 2. The van der Waals surface area contributed by atoms with E-state index in [-0.39, 0.29) is 23.4 Å². The van der Waals surface area contributed by atoms with E-state index < -0.39 is 11.6 Å². The van der Waals surface area contributed by atoms with E-state index in [0.717, 1.165) is 30.1 Å². The average Bonchev–Trinajstić information content (AvgIpc) is 3.17. The molecule has 0 saturated carbocycles. The number of ether oxygens (including phenoxy) is 3. The van der Waals surface area contributed by atoms with Gasteiger partial charge < -0.3 is 19.2 Å². The number of aromatic nitrogens is 2. The predicted octanol–water partition coefficient (Wildman–Crippen LogP) is 4.15. The molecule has 1 fully saturated rings. The van der Waals surface area contributed by atoms with Gasteiger partial charge in [0.05, 0.1) is 36.9 Å². The number of hydrogen-bond acceptors (Lipinski definition) is 5. The summed E-state index contributed by atoms with van der Waals surface area (Å²) >= 11 is 0. The number of nitrogens with one attached hydrogen (secondary N) is 1. The molecular formula is C21H22F2N2O4. The molecule has 2 atom stereocenters. The predicted molar refractivity (Wildman–Crippen MR) is 104 cm³/mol. The number of fused-ring (bicyclic) bond motifs is 1. The van der Waals surface area contributed by atoms with Crippen LogP contribution < -0.4 is 14.9 Å². The van der Waals surface area contributed by atoms with Crippen molar-refractivity contribution < 1.29 is 23.0 Å². The minimum Gasteiger partial charge on any atom is -0.494 e. The number of aromatic amines is 1. The summed E-state index contributed by atoms with van der Waals surface area (Å²) in [5, 5.41) is 0.536. The van der Waals surface area contributed by atoms with Crippen molar-refractivity contribution in [2.75, 3.05) is 14.2 Å². The fraction of sp³-hybridized carbons (Fsp3) is 0.333. The van der Waals surface area contributed by atoms with Gasteiger partial charge in [-0.2, -0.15) is 4.39 Å². The largest absolute Gasteiger partial charge is 0.494 e. The first-order valence-electron chi connectivity index (χ1n) is 9.13. The molecule has 0 amide bonds. The normalized spacial score (nSPS) is 18.2. The zero-order valence-corrected chi connectivity index (χ0v) is 16.4. The summed E-state index contributed by atoms with van der Waals surface area (Å²) in [4.78, 5) is 19.6. The topological polar surface area (TPSA) is 73.4 Å². The Bertz CT molecular complexity index is 1050. The Balaban J connectivity index is 0.000000204. The van der Waals surface area contributed by atoms with Gasteiger partial charge in [0.2, 0.25) is 11.2 Å². The molecule has 2 aromatic heterocycles. The first kappa shape index (κ1) is 20.7. The van der Waals surface area contributed by atoms with Gasteiger partial charge in [0.1, 0.15) is 6.10 Å². The van der Waals surface area contributed by atoms with Crippen LogP contribution in [0.25, 0.3) is 10.9 Å². The van der Waals surface area contributed by atoms with Crippen molar-refractivity contribution in [2.45, 2.75) is 32.0 Å². The van der Waals surface area contributed by atoms with Crippen molar-refractivity contribution in [2.24, 2.45) is 0 Å². The van der Waals surface area contributed by atoms with Crippen LogP contribution in [0.2, 0.25) is 0 Å². The van der Waals surface area contributed by atoms with Crippen LogP contribution in [0.4, 0.5) is 8.78 Å². The zero-order valence-electron chi connectivity index (χ0n) is 16.4. The molecule has 3 heterocycles. The Morgan fingerprint density at radius 3 is 2.59 bits per heavy atom. The Kier molecular flexibility index (Phi) is 6.43. The summed E-state index contributed by atoms with van der Waals surface area (Å²) in [6.45, 7) is 2.04. The molecule has 4 rings (SSSR count). The fourth-order valence-electron chi connectivity index (χ4n) is 3.22. The van der Waals surface area contributed by atoms with E-state index in [1.54, 1.807) is 18.5 Å². The van der Waals surface area contributed by atoms with Gasteiger partial charge in [0, 0.05) is 12.4 Å². The van der Waals surface area contributed by atoms with Gasteiger partial charge in [-0.25, -0.2) is 4.39 Å². The second-order valence-electron chi connectivity index (χ2n) is 6.59. The lowest BCUT2D eigenvalue weighted by Gasteiger charge is -2.15. The lowest BCUT2D eigenvalue weighted by Crippen LogP contribution is -2.14. The smallest absolute Gasteiger partial charge is 0.233 e. The van der Waals surface area contributed by atoms with E-state index in [9.17, 15) is 13.6 Å². The second-order valence-corrected chi connectivity index (χ2v) is 6.59. The highest BCUT2D eigenvalue weighted by atomic mass is 19.2. The SMILES string of the molecule is COc1c(C2CCC(C)O2)[nH]c2ccncc2c1=O.COc1cccc(F)c1F. The third kappa shape index (κ3) is 4.37. The third-order valence-corrected chi connectivity index (χ3v) is 4.68. The minimum atomic E-state index is -0.940. The van der Waals surface area contributed by atoms with Crippen molar-refractivity contribution in [3.05, 3.63) is 64.2 Å². The maximum atomic E-state index is 12.5. The molecule has 2 unspecified atom stereocenters. The van der Waals surface area contributed by atoms with Crippen LogP contribution in [-0.4, -0.2) is 30.3 Å². The van der Waals surface area contributed by atoms with Crippen LogP contribution in [0.1, 0.15) is 31.6 Å². The summed E-state index contributed by atoms with van der Waals surface area (Å²) < 4.78 is 40.4. The van der Waals surface area contributed by atoms with Crippen LogP contribution in [0, 0.1) is 11.6 Å². The van der Waals surface area contributed by atoms with Crippen LogP contribution in [0.3, 0.4) is 0 Å². The number of hydrogen-bond donors (Lipinski definition) is 1. The first-order valence-corrected chi connectivity index (χ1v) is 9.13. The van der Waals surface area contributed by atoms with Crippen LogP contribution in [0.15, 0.2) is 41.5 Å². The van der Waals surface area contributed by atoms with Gasteiger partial charge >= 0.3 is 0 Å². The van der Waals surface area contributed by atoms with E-state index in [1.165, 1.54) is 26.4 Å². The van der Waals surface area contributed by atoms with Crippen LogP contribution in [0.5, 0.6) is 11.5 Å². The van der Waals surface area contributed by atoms with Crippen LogP contribution >= 0.6 is 0 Å². The molecule has 8 heteroatoms. The number of rotatable bonds is 3. The Morgan fingerprint density at radius 2 is 1.97 bits per heavy atom. The van der Waals surface area contributed by atoms with E-state index in [4.69, 9.17) is 9.47 Å². The number of benzene rings is 1. The molecule has 3 aromatic rings. The Labute approximate surface area is 166 Å². The molecule has 1 aliphatic heterocycles. The highest BCUT2D eigenvalue weighted by Crippen LogP contribution is 2.35. The molecule has 0 aliphatic carbocycles. The molecule has 154 valence electrons. The van der Waals surface area contributed by atoms with Gasteiger partial charge in [-0.05, 0) is 38.0 Å². The van der Waals surface area contributed by atoms with Crippen molar-refractivity contribution in [3.63, 3.8) is 0 Å². The summed E-state index contributed by atoms with van der Waals surface area (Å²) in [7, 11) is 2.80. The van der Waals surface area contributed by atoms with Crippen molar-refractivity contribution in [3.8, 4) is 11.5 Å². The molecule has 6 nitrogen and oxygen atoms in total. The summed E-state index contributed by atoms with van der Waals surface area (Å²) in [6, 6.07) is 5.57. The molecular weight excluding hydrogens is 382 g/mol. The van der Waals surface area contributed by atoms with Crippen LogP contribution in [-0.2, 0) is 4.74 Å². The Hall–Kier alpha value is -3.00. The van der Waals surface area contributed by atoms with Crippen molar-refractivity contribution in [1.82, 2.24) is 9.97 Å². The molecule has 29 heavy (non-hydrogen) atoms. The number of nitrogens with zero attached hydrogens (tertiary/aromatic N) is 1. The Morgan fingerprint density at radius 1 is 1.17 bits per heavy atom. The highest BCUT2D eigenvalue weighted by Gasteiger charge is 2.28. The zero-order chi connectivity index (χ0) is 21.0. The quantitative estimate of drug-likeness (QED) is 0.710.